The van der Waals surface area contributed by atoms with E-state index in [-0.39, 0.29) is 0 Å². The molecule has 17 heavy (non-hydrogen) atoms. The Bertz CT molecular complexity index is 436. The van der Waals surface area contributed by atoms with Crippen LogP contribution in [0.25, 0.3) is 0 Å². The maximum Gasteiger partial charge on any atom is 0.0532 e. The fourth-order valence-corrected chi connectivity index (χ4v) is 2.07. The highest BCUT2D eigenvalue weighted by molar-refractivity contribution is 9.10. The second kappa shape index (κ2) is 5.98. The first-order valence-electron chi connectivity index (χ1n) is 5.76. The standard InChI is InChI=1S/C13H16BrN3/c1-2-13(11-3-5-12(14)6-4-11)15-7-10-8-16-17-9-10/h3-6,8-9,13,15H,2,7H2,1H3,(H,16,17). The van der Waals surface area contributed by atoms with Gasteiger partial charge in [-0.1, -0.05) is 35.0 Å². The van der Waals surface area contributed by atoms with Crippen LogP contribution >= 0.6 is 15.9 Å². The summed E-state index contributed by atoms with van der Waals surface area (Å²) in [6.45, 7) is 3.03. The molecule has 0 radical (unpaired) electrons. The zero-order chi connectivity index (χ0) is 12.1. The predicted molar refractivity (Wildman–Crippen MR) is 72.6 cm³/mol. The third-order valence-electron chi connectivity index (χ3n) is 2.79. The number of H-pyrrole nitrogens is 1. The average molecular weight is 294 g/mol. The summed E-state index contributed by atoms with van der Waals surface area (Å²) in [4.78, 5) is 0. The maximum atomic E-state index is 3.94. The number of aromatic nitrogens is 2. The first-order valence-corrected chi connectivity index (χ1v) is 6.55. The van der Waals surface area contributed by atoms with Crippen LogP contribution < -0.4 is 5.32 Å². The molecule has 4 heteroatoms. The minimum absolute atomic E-state index is 0.387. The lowest BCUT2D eigenvalue weighted by atomic mass is 10.0. The van der Waals surface area contributed by atoms with Crippen molar-refractivity contribution in [2.75, 3.05) is 0 Å². The van der Waals surface area contributed by atoms with Crippen LogP contribution in [0.15, 0.2) is 41.1 Å². The Morgan fingerprint density at radius 2 is 2.12 bits per heavy atom. The van der Waals surface area contributed by atoms with Crippen molar-refractivity contribution in [3.8, 4) is 0 Å². The second-order valence-corrected chi connectivity index (χ2v) is 4.92. The second-order valence-electron chi connectivity index (χ2n) is 4.00. The minimum Gasteiger partial charge on any atom is -0.306 e. The largest absolute Gasteiger partial charge is 0.306 e. The highest BCUT2D eigenvalue weighted by Crippen LogP contribution is 2.19. The third kappa shape index (κ3) is 3.41. The van der Waals surface area contributed by atoms with Crippen molar-refractivity contribution in [1.29, 1.82) is 0 Å². The lowest BCUT2D eigenvalue weighted by Gasteiger charge is -2.17. The number of benzene rings is 1. The molecule has 2 aromatic rings. The molecule has 1 aromatic carbocycles. The number of hydrogen-bond donors (Lipinski definition) is 2. The molecule has 0 aliphatic carbocycles. The Kier molecular flexibility index (Phi) is 4.34. The van der Waals surface area contributed by atoms with Crippen LogP contribution in [-0.4, -0.2) is 10.2 Å². The van der Waals surface area contributed by atoms with Gasteiger partial charge in [-0.25, -0.2) is 0 Å². The molecule has 0 amide bonds. The summed E-state index contributed by atoms with van der Waals surface area (Å²) < 4.78 is 1.12. The van der Waals surface area contributed by atoms with Crippen LogP contribution in [0.5, 0.6) is 0 Å². The van der Waals surface area contributed by atoms with E-state index in [1.807, 2.05) is 12.4 Å². The quantitative estimate of drug-likeness (QED) is 0.887. The Hall–Kier alpha value is -1.13. The van der Waals surface area contributed by atoms with Gasteiger partial charge in [-0.05, 0) is 24.1 Å². The van der Waals surface area contributed by atoms with Crippen molar-refractivity contribution in [2.45, 2.75) is 25.9 Å². The van der Waals surface area contributed by atoms with Gasteiger partial charge in [0.15, 0.2) is 0 Å². The molecule has 0 spiro atoms. The van der Waals surface area contributed by atoms with E-state index in [0.29, 0.717) is 6.04 Å². The van der Waals surface area contributed by atoms with Crippen LogP contribution in [0.1, 0.15) is 30.5 Å². The number of rotatable bonds is 5. The molecule has 90 valence electrons. The smallest absolute Gasteiger partial charge is 0.0532 e. The van der Waals surface area contributed by atoms with Crippen molar-refractivity contribution in [2.24, 2.45) is 0 Å². The molecular weight excluding hydrogens is 278 g/mol. The van der Waals surface area contributed by atoms with Gasteiger partial charge in [-0.2, -0.15) is 5.10 Å². The molecule has 0 saturated heterocycles. The summed E-state index contributed by atoms with van der Waals surface area (Å²) in [7, 11) is 0. The number of aromatic amines is 1. The topological polar surface area (TPSA) is 40.7 Å². The van der Waals surface area contributed by atoms with E-state index >= 15 is 0 Å². The predicted octanol–water partition coefficient (Wildman–Crippen LogP) is 3.41. The molecular formula is C13H16BrN3. The summed E-state index contributed by atoms with van der Waals surface area (Å²) in [6.07, 6.45) is 4.84. The molecule has 1 heterocycles. The molecule has 3 nitrogen and oxygen atoms in total. The fraction of sp³-hybridized carbons (Fsp3) is 0.308. The normalized spacial score (nSPS) is 12.6. The van der Waals surface area contributed by atoms with Crippen molar-refractivity contribution >= 4 is 15.9 Å². The van der Waals surface area contributed by atoms with Gasteiger partial charge in [-0.3, -0.25) is 5.10 Å². The molecule has 2 rings (SSSR count). The fourth-order valence-electron chi connectivity index (χ4n) is 1.81. The summed E-state index contributed by atoms with van der Waals surface area (Å²) in [5.41, 5.74) is 2.50. The van der Waals surface area contributed by atoms with E-state index < -0.39 is 0 Å². The van der Waals surface area contributed by atoms with Gasteiger partial charge in [0.05, 0.1) is 6.20 Å². The zero-order valence-corrected chi connectivity index (χ0v) is 11.4. The Labute approximate surface area is 110 Å². The molecule has 0 bridgehead atoms. The van der Waals surface area contributed by atoms with Gasteiger partial charge in [0.25, 0.3) is 0 Å². The molecule has 2 N–H and O–H groups in total. The minimum atomic E-state index is 0.387. The molecule has 1 unspecified atom stereocenters. The van der Waals surface area contributed by atoms with E-state index in [9.17, 15) is 0 Å². The third-order valence-corrected chi connectivity index (χ3v) is 3.32. The summed E-state index contributed by atoms with van der Waals surface area (Å²) in [5.74, 6) is 0. The molecule has 0 aliphatic heterocycles. The average Bonchev–Trinajstić information content (AvgIpc) is 2.85. The molecule has 1 atom stereocenters. The maximum absolute atomic E-state index is 3.94. The summed E-state index contributed by atoms with van der Waals surface area (Å²) >= 11 is 3.45. The molecule has 1 aromatic heterocycles. The Morgan fingerprint density at radius 1 is 1.35 bits per heavy atom. The molecule has 0 aliphatic rings. The SMILES string of the molecule is CCC(NCc1cn[nH]c1)c1ccc(Br)cc1. The highest BCUT2D eigenvalue weighted by atomic mass is 79.9. The number of nitrogens with one attached hydrogen (secondary N) is 2. The first-order chi connectivity index (χ1) is 8.29. The highest BCUT2D eigenvalue weighted by Gasteiger charge is 2.08. The number of nitrogens with zero attached hydrogens (tertiary/aromatic N) is 1. The van der Waals surface area contributed by atoms with Gasteiger partial charge >= 0.3 is 0 Å². The van der Waals surface area contributed by atoms with Gasteiger partial charge in [-0.15, -0.1) is 0 Å². The van der Waals surface area contributed by atoms with Crippen LogP contribution in [0.3, 0.4) is 0 Å². The van der Waals surface area contributed by atoms with Crippen LogP contribution in [0, 0.1) is 0 Å². The molecule has 0 saturated carbocycles. The summed E-state index contributed by atoms with van der Waals surface area (Å²) in [6, 6.07) is 8.86. The van der Waals surface area contributed by atoms with Gasteiger partial charge in [0.2, 0.25) is 0 Å². The van der Waals surface area contributed by atoms with Crippen LogP contribution in [-0.2, 0) is 6.54 Å². The van der Waals surface area contributed by atoms with Crippen molar-refractivity contribution in [1.82, 2.24) is 15.5 Å². The van der Waals surface area contributed by atoms with E-state index in [4.69, 9.17) is 0 Å². The van der Waals surface area contributed by atoms with E-state index in [1.54, 1.807) is 0 Å². The molecule has 0 fully saturated rings. The van der Waals surface area contributed by atoms with Gasteiger partial charge < -0.3 is 5.32 Å². The van der Waals surface area contributed by atoms with Crippen LogP contribution in [0.4, 0.5) is 0 Å². The van der Waals surface area contributed by atoms with Crippen molar-refractivity contribution in [3.05, 3.63) is 52.3 Å². The van der Waals surface area contributed by atoms with Gasteiger partial charge in [0, 0.05) is 28.8 Å². The lowest BCUT2D eigenvalue weighted by molar-refractivity contribution is 0.519. The zero-order valence-electron chi connectivity index (χ0n) is 9.78. The lowest BCUT2D eigenvalue weighted by Crippen LogP contribution is -2.19. The van der Waals surface area contributed by atoms with Crippen LogP contribution in [0.2, 0.25) is 0 Å². The Balaban J connectivity index is 1.99. The Morgan fingerprint density at radius 3 is 2.71 bits per heavy atom. The van der Waals surface area contributed by atoms with Crippen molar-refractivity contribution < 1.29 is 0 Å². The van der Waals surface area contributed by atoms with Gasteiger partial charge in [0.1, 0.15) is 0 Å². The monoisotopic (exact) mass is 293 g/mol. The van der Waals surface area contributed by atoms with E-state index in [2.05, 4.69) is 62.6 Å². The van der Waals surface area contributed by atoms with Crippen molar-refractivity contribution in [3.63, 3.8) is 0 Å². The van der Waals surface area contributed by atoms with E-state index in [0.717, 1.165) is 17.4 Å². The first kappa shape index (κ1) is 12.3. The summed E-state index contributed by atoms with van der Waals surface area (Å²) in [5, 5.41) is 10.3. The number of halogens is 1. The number of hydrogen-bond acceptors (Lipinski definition) is 2. The van der Waals surface area contributed by atoms with E-state index in [1.165, 1.54) is 11.1 Å².